The number of thiol groups is 1. The third kappa shape index (κ3) is 2.45. The Morgan fingerprint density at radius 1 is 1.05 bits per heavy atom. The second-order valence-corrected chi connectivity index (χ2v) is 5.14. The average molecular weight is 299 g/mol. The van der Waals surface area contributed by atoms with Crippen LogP contribution in [0.5, 0.6) is 11.5 Å². The SMILES string of the molecule is Cc1ccc(-c2c(S)nnn2-c2ccc(O)cc2O)cc1. The standard InChI is InChI=1S/C15H13N3O2S/c1-9-2-4-10(5-3-9)14-15(21)16-17-18(14)12-7-6-11(19)8-13(12)20/h2-8,19-21H,1H3. The Balaban J connectivity index is 2.19. The second kappa shape index (κ2) is 5.14. The predicted molar refractivity (Wildman–Crippen MR) is 82.1 cm³/mol. The van der Waals surface area contributed by atoms with Crippen LogP contribution in [0.2, 0.25) is 0 Å². The highest BCUT2D eigenvalue weighted by Gasteiger charge is 2.16. The first-order valence-corrected chi connectivity index (χ1v) is 6.75. The van der Waals surface area contributed by atoms with E-state index in [1.54, 1.807) is 6.07 Å². The first-order chi connectivity index (χ1) is 10.1. The molecule has 0 saturated carbocycles. The van der Waals surface area contributed by atoms with Gasteiger partial charge >= 0.3 is 0 Å². The Labute approximate surface area is 126 Å². The predicted octanol–water partition coefficient (Wildman–Crippen LogP) is 2.94. The third-order valence-electron chi connectivity index (χ3n) is 3.16. The van der Waals surface area contributed by atoms with Crippen molar-refractivity contribution in [3.63, 3.8) is 0 Å². The van der Waals surface area contributed by atoms with Crippen molar-refractivity contribution in [1.82, 2.24) is 15.0 Å². The van der Waals surface area contributed by atoms with Gasteiger partial charge in [0.2, 0.25) is 0 Å². The Hall–Kier alpha value is -2.47. The van der Waals surface area contributed by atoms with Gasteiger partial charge in [-0.1, -0.05) is 35.0 Å². The number of benzene rings is 2. The van der Waals surface area contributed by atoms with Crippen molar-refractivity contribution in [2.45, 2.75) is 11.9 Å². The summed E-state index contributed by atoms with van der Waals surface area (Å²) in [5.74, 6) is -0.0963. The lowest BCUT2D eigenvalue weighted by Crippen LogP contribution is -2.00. The van der Waals surface area contributed by atoms with E-state index >= 15 is 0 Å². The average Bonchev–Trinajstić information content (AvgIpc) is 2.82. The van der Waals surface area contributed by atoms with Crippen molar-refractivity contribution < 1.29 is 10.2 Å². The number of nitrogens with zero attached hydrogens (tertiary/aromatic N) is 3. The van der Waals surface area contributed by atoms with Gasteiger partial charge < -0.3 is 10.2 Å². The van der Waals surface area contributed by atoms with Gasteiger partial charge in [-0.3, -0.25) is 0 Å². The molecule has 106 valence electrons. The van der Waals surface area contributed by atoms with Crippen molar-refractivity contribution in [3.8, 4) is 28.4 Å². The molecular formula is C15H13N3O2S. The maximum Gasteiger partial charge on any atom is 0.145 e. The molecule has 2 aromatic carbocycles. The van der Waals surface area contributed by atoms with Gasteiger partial charge in [0.05, 0.1) is 0 Å². The molecule has 2 N–H and O–H groups in total. The Bertz CT molecular complexity index is 797. The van der Waals surface area contributed by atoms with Crippen molar-refractivity contribution in [1.29, 1.82) is 0 Å². The summed E-state index contributed by atoms with van der Waals surface area (Å²) in [6.07, 6.45) is 0. The number of phenols is 2. The zero-order valence-electron chi connectivity index (χ0n) is 11.2. The molecule has 1 heterocycles. The molecule has 1 aromatic heterocycles. The summed E-state index contributed by atoms with van der Waals surface area (Å²) in [6.45, 7) is 2.01. The molecule has 0 aliphatic heterocycles. The van der Waals surface area contributed by atoms with Crippen molar-refractivity contribution >= 4 is 12.6 Å². The molecule has 0 aliphatic rings. The normalized spacial score (nSPS) is 10.8. The van der Waals surface area contributed by atoms with Crippen LogP contribution >= 0.6 is 12.6 Å². The third-order valence-corrected chi connectivity index (χ3v) is 3.47. The van der Waals surface area contributed by atoms with Gasteiger partial charge in [0.1, 0.15) is 27.9 Å². The van der Waals surface area contributed by atoms with Crippen LogP contribution < -0.4 is 0 Å². The fourth-order valence-corrected chi connectivity index (χ4v) is 2.36. The molecule has 6 heteroatoms. The van der Waals surface area contributed by atoms with E-state index in [4.69, 9.17) is 0 Å². The summed E-state index contributed by atoms with van der Waals surface area (Å²) in [6, 6.07) is 12.2. The minimum atomic E-state index is -0.0819. The molecule has 5 nitrogen and oxygen atoms in total. The second-order valence-electron chi connectivity index (χ2n) is 4.71. The number of aromatic hydroxyl groups is 2. The quantitative estimate of drug-likeness (QED) is 0.636. The minimum absolute atomic E-state index is 0.0145. The molecule has 0 bridgehead atoms. The van der Waals surface area contributed by atoms with Crippen LogP contribution in [0.1, 0.15) is 5.56 Å². The molecular weight excluding hydrogens is 286 g/mol. The number of hydrogen-bond acceptors (Lipinski definition) is 5. The summed E-state index contributed by atoms with van der Waals surface area (Å²) in [5, 5.41) is 27.8. The molecule has 0 amide bonds. The fraction of sp³-hybridized carbons (Fsp3) is 0.0667. The van der Waals surface area contributed by atoms with E-state index in [0.29, 0.717) is 16.4 Å². The van der Waals surface area contributed by atoms with Gasteiger partial charge in [-0.25, -0.2) is 4.68 Å². The van der Waals surface area contributed by atoms with E-state index in [2.05, 4.69) is 22.9 Å². The van der Waals surface area contributed by atoms with E-state index in [-0.39, 0.29) is 11.5 Å². The van der Waals surface area contributed by atoms with E-state index < -0.39 is 0 Å². The molecule has 0 atom stereocenters. The van der Waals surface area contributed by atoms with Gasteiger partial charge in [0, 0.05) is 11.6 Å². The molecule has 3 rings (SSSR count). The molecule has 0 unspecified atom stereocenters. The molecule has 0 spiro atoms. The Morgan fingerprint density at radius 2 is 1.76 bits per heavy atom. The molecule has 0 aliphatic carbocycles. The topological polar surface area (TPSA) is 71.2 Å². The first kappa shape index (κ1) is 13.5. The largest absolute Gasteiger partial charge is 0.508 e. The Kier molecular flexibility index (Phi) is 3.31. The minimum Gasteiger partial charge on any atom is -0.508 e. The summed E-state index contributed by atoms with van der Waals surface area (Å²) in [5.41, 5.74) is 3.14. The number of aromatic nitrogens is 3. The lowest BCUT2D eigenvalue weighted by molar-refractivity contribution is 0.447. The van der Waals surface area contributed by atoms with E-state index in [1.165, 1.54) is 16.8 Å². The highest BCUT2D eigenvalue weighted by Crippen LogP contribution is 2.32. The number of aryl methyl sites for hydroxylation is 1. The highest BCUT2D eigenvalue weighted by atomic mass is 32.1. The van der Waals surface area contributed by atoms with Crippen LogP contribution in [-0.2, 0) is 0 Å². The zero-order valence-corrected chi connectivity index (χ0v) is 12.1. The van der Waals surface area contributed by atoms with Gasteiger partial charge in [-0.2, -0.15) is 0 Å². The van der Waals surface area contributed by atoms with Gasteiger partial charge in [0.15, 0.2) is 0 Å². The fourth-order valence-electron chi connectivity index (χ4n) is 2.10. The number of hydrogen-bond donors (Lipinski definition) is 3. The molecule has 21 heavy (non-hydrogen) atoms. The van der Waals surface area contributed by atoms with E-state index in [0.717, 1.165) is 11.1 Å². The smallest absolute Gasteiger partial charge is 0.145 e. The summed E-state index contributed by atoms with van der Waals surface area (Å²) in [4.78, 5) is 0. The van der Waals surface area contributed by atoms with Gasteiger partial charge in [-0.15, -0.1) is 17.7 Å². The molecule has 3 aromatic rings. The number of rotatable bonds is 2. The first-order valence-electron chi connectivity index (χ1n) is 6.30. The summed E-state index contributed by atoms with van der Waals surface area (Å²) >= 11 is 4.34. The summed E-state index contributed by atoms with van der Waals surface area (Å²) < 4.78 is 1.50. The number of phenolic OH excluding ortho intramolecular Hbond substituents is 2. The molecule has 0 fully saturated rings. The van der Waals surface area contributed by atoms with Crippen LogP contribution in [-0.4, -0.2) is 25.2 Å². The zero-order chi connectivity index (χ0) is 15.0. The molecule has 0 saturated heterocycles. The van der Waals surface area contributed by atoms with Crippen LogP contribution in [0.3, 0.4) is 0 Å². The van der Waals surface area contributed by atoms with Crippen molar-refractivity contribution in [2.75, 3.05) is 0 Å². The van der Waals surface area contributed by atoms with Crippen molar-refractivity contribution in [3.05, 3.63) is 48.0 Å². The lowest BCUT2D eigenvalue weighted by Gasteiger charge is -2.09. The van der Waals surface area contributed by atoms with E-state index in [9.17, 15) is 10.2 Å². The van der Waals surface area contributed by atoms with Crippen LogP contribution in [0.4, 0.5) is 0 Å². The summed E-state index contributed by atoms with van der Waals surface area (Å²) in [7, 11) is 0. The maximum atomic E-state index is 10.00. The Morgan fingerprint density at radius 3 is 2.43 bits per heavy atom. The highest BCUT2D eigenvalue weighted by molar-refractivity contribution is 7.80. The van der Waals surface area contributed by atoms with Crippen LogP contribution in [0, 0.1) is 6.92 Å². The maximum absolute atomic E-state index is 10.00. The van der Waals surface area contributed by atoms with E-state index in [1.807, 2.05) is 31.2 Å². The van der Waals surface area contributed by atoms with Crippen molar-refractivity contribution in [2.24, 2.45) is 0 Å². The monoisotopic (exact) mass is 299 g/mol. The van der Waals surface area contributed by atoms with Crippen LogP contribution in [0.15, 0.2) is 47.5 Å². The molecule has 0 radical (unpaired) electrons. The lowest BCUT2D eigenvalue weighted by atomic mass is 10.1. The van der Waals surface area contributed by atoms with Gasteiger partial charge in [-0.05, 0) is 19.1 Å². The van der Waals surface area contributed by atoms with Crippen LogP contribution in [0.25, 0.3) is 16.9 Å². The van der Waals surface area contributed by atoms with Gasteiger partial charge in [0.25, 0.3) is 0 Å².